The molecule has 0 unspecified atom stereocenters. The molecular formula is C24H23ClN2O. The van der Waals surface area contributed by atoms with Crippen LogP contribution in [0.4, 0.5) is 0 Å². The fourth-order valence-corrected chi connectivity index (χ4v) is 4.04. The third kappa shape index (κ3) is 4.10. The van der Waals surface area contributed by atoms with Crippen molar-refractivity contribution in [3.05, 3.63) is 87.6 Å². The first-order chi connectivity index (χ1) is 13.6. The fraction of sp³-hybridized carbons (Fsp3) is 0.250. The van der Waals surface area contributed by atoms with Gasteiger partial charge in [0, 0.05) is 23.3 Å². The highest BCUT2D eigenvalue weighted by atomic mass is 35.5. The molecule has 2 aromatic carbocycles. The molecule has 4 rings (SSSR count). The van der Waals surface area contributed by atoms with E-state index < -0.39 is 0 Å². The van der Waals surface area contributed by atoms with Crippen molar-refractivity contribution in [1.29, 1.82) is 0 Å². The lowest BCUT2D eigenvalue weighted by Gasteiger charge is -2.12. The number of amides is 1. The first-order valence-corrected chi connectivity index (χ1v) is 10.1. The first-order valence-electron chi connectivity index (χ1n) is 9.68. The highest BCUT2D eigenvalue weighted by Gasteiger charge is 2.18. The summed E-state index contributed by atoms with van der Waals surface area (Å²) in [6, 6.07) is 18.5. The van der Waals surface area contributed by atoms with E-state index in [2.05, 4.69) is 29.6 Å². The summed E-state index contributed by atoms with van der Waals surface area (Å²) in [5.74, 6) is 0.0332. The van der Waals surface area contributed by atoms with Crippen LogP contribution in [0.25, 0.3) is 11.3 Å². The van der Waals surface area contributed by atoms with Gasteiger partial charge in [0.15, 0.2) is 0 Å². The second-order valence-electron chi connectivity index (χ2n) is 7.30. The predicted octanol–water partition coefficient (Wildman–Crippen LogP) is 4.77. The van der Waals surface area contributed by atoms with Gasteiger partial charge in [0.05, 0.1) is 12.1 Å². The van der Waals surface area contributed by atoms with Gasteiger partial charge in [-0.25, -0.2) is 0 Å². The third-order valence-electron chi connectivity index (χ3n) is 5.32. The van der Waals surface area contributed by atoms with Crippen molar-refractivity contribution in [2.24, 2.45) is 0 Å². The zero-order valence-corrected chi connectivity index (χ0v) is 16.7. The topological polar surface area (TPSA) is 42.0 Å². The van der Waals surface area contributed by atoms with E-state index in [1.54, 1.807) is 7.05 Å². The Morgan fingerprint density at radius 2 is 1.86 bits per heavy atom. The quantitative estimate of drug-likeness (QED) is 0.681. The molecule has 0 saturated carbocycles. The number of benzene rings is 2. The van der Waals surface area contributed by atoms with Crippen LogP contribution in [0.2, 0.25) is 5.02 Å². The molecule has 0 radical (unpaired) electrons. The van der Waals surface area contributed by atoms with Gasteiger partial charge in [0.1, 0.15) is 0 Å². The van der Waals surface area contributed by atoms with Crippen LogP contribution >= 0.6 is 11.6 Å². The van der Waals surface area contributed by atoms with Crippen LogP contribution in [-0.4, -0.2) is 17.9 Å². The molecule has 1 heterocycles. The molecule has 28 heavy (non-hydrogen) atoms. The number of carbonyl (C=O) groups excluding carboxylic acids is 1. The highest BCUT2D eigenvalue weighted by Crippen LogP contribution is 2.31. The maximum absolute atomic E-state index is 11.6. The first kappa shape index (κ1) is 18.7. The smallest absolute Gasteiger partial charge is 0.224 e. The Morgan fingerprint density at radius 1 is 1.07 bits per heavy atom. The summed E-state index contributed by atoms with van der Waals surface area (Å²) in [5, 5.41) is 3.40. The van der Waals surface area contributed by atoms with E-state index in [4.69, 9.17) is 16.6 Å². The molecule has 0 bridgehead atoms. The molecule has 0 atom stereocenters. The molecule has 1 aliphatic rings. The predicted molar refractivity (Wildman–Crippen MR) is 114 cm³/mol. The van der Waals surface area contributed by atoms with E-state index in [1.165, 1.54) is 28.8 Å². The summed E-state index contributed by atoms with van der Waals surface area (Å²) in [6.45, 7) is 0. The van der Waals surface area contributed by atoms with Crippen LogP contribution in [-0.2, 0) is 30.5 Å². The number of halogens is 1. The Kier molecular flexibility index (Phi) is 5.45. The number of nitrogens with zero attached hydrogens (tertiary/aromatic N) is 1. The third-order valence-corrected chi connectivity index (χ3v) is 5.56. The Labute approximate surface area is 170 Å². The van der Waals surface area contributed by atoms with Crippen molar-refractivity contribution in [1.82, 2.24) is 10.3 Å². The number of aromatic nitrogens is 1. The van der Waals surface area contributed by atoms with E-state index in [9.17, 15) is 4.79 Å². The number of nitrogens with one attached hydrogen (secondary N) is 1. The maximum atomic E-state index is 11.6. The SMILES string of the molecule is CNC(=O)Cc1ccc(Cc2cc(-c3cccc(Cl)c3)nc3c2CCC3)cc1. The number of likely N-dealkylation sites (N-methyl/N-ethyl adjacent to an activating group) is 1. The Hall–Kier alpha value is -2.65. The lowest BCUT2D eigenvalue weighted by Crippen LogP contribution is -2.19. The van der Waals surface area contributed by atoms with Gasteiger partial charge < -0.3 is 5.32 Å². The summed E-state index contributed by atoms with van der Waals surface area (Å²) >= 11 is 6.19. The van der Waals surface area contributed by atoms with Gasteiger partial charge in [-0.3, -0.25) is 9.78 Å². The second kappa shape index (κ2) is 8.15. The van der Waals surface area contributed by atoms with Crippen molar-refractivity contribution in [3.8, 4) is 11.3 Å². The van der Waals surface area contributed by atoms with Gasteiger partial charge in [-0.2, -0.15) is 0 Å². The number of fused-ring (bicyclic) bond motifs is 1. The lowest BCUT2D eigenvalue weighted by molar-refractivity contribution is -0.119. The highest BCUT2D eigenvalue weighted by molar-refractivity contribution is 6.30. The van der Waals surface area contributed by atoms with Crippen LogP contribution in [0.1, 0.15) is 34.4 Å². The summed E-state index contributed by atoms with van der Waals surface area (Å²) in [4.78, 5) is 16.5. The van der Waals surface area contributed by atoms with Crippen molar-refractivity contribution < 1.29 is 4.79 Å². The van der Waals surface area contributed by atoms with Gasteiger partial charge in [-0.05, 0) is 66.1 Å². The van der Waals surface area contributed by atoms with Gasteiger partial charge in [-0.15, -0.1) is 0 Å². The van der Waals surface area contributed by atoms with E-state index in [0.29, 0.717) is 6.42 Å². The zero-order chi connectivity index (χ0) is 19.5. The molecule has 142 valence electrons. The van der Waals surface area contributed by atoms with Crippen LogP contribution < -0.4 is 5.32 Å². The summed E-state index contributed by atoms with van der Waals surface area (Å²) in [6.07, 6.45) is 4.60. The molecule has 1 N–H and O–H groups in total. The molecule has 1 amide bonds. The minimum Gasteiger partial charge on any atom is -0.359 e. The molecule has 3 aromatic rings. The van der Waals surface area contributed by atoms with Crippen LogP contribution in [0, 0.1) is 0 Å². The molecule has 0 fully saturated rings. The van der Waals surface area contributed by atoms with Gasteiger partial charge in [0.25, 0.3) is 0 Å². The number of aryl methyl sites for hydroxylation is 1. The summed E-state index contributed by atoms with van der Waals surface area (Å²) < 4.78 is 0. The summed E-state index contributed by atoms with van der Waals surface area (Å²) in [7, 11) is 1.66. The maximum Gasteiger partial charge on any atom is 0.224 e. The molecular weight excluding hydrogens is 368 g/mol. The lowest BCUT2D eigenvalue weighted by atomic mass is 9.96. The molecule has 4 heteroatoms. The largest absolute Gasteiger partial charge is 0.359 e. The minimum atomic E-state index is 0.0332. The standard InChI is InChI=1S/C24H23ClN2O/c1-26-24(28)13-17-10-8-16(9-11-17)12-19-15-23(18-4-2-5-20(25)14-18)27-22-7-3-6-21(19)22/h2,4-5,8-11,14-15H,3,6-7,12-13H2,1H3,(H,26,28). The molecule has 1 aliphatic carbocycles. The number of rotatable bonds is 5. The van der Waals surface area contributed by atoms with Crippen molar-refractivity contribution in [2.75, 3.05) is 7.05 Å². The number of carbonyl (C=O) groups is 1. The van der Waals surface area contributed by atoms with Gasteiger partial charge in [0.2, 0.25) is 5.91 Å². The Morgan fingerprint density at radius 3 is 2.61 bits per heavy atom. The normalized spacial score (nSPS) is 12.6. The average Bonchev–Trinajstić information content (AvgIpc) is 3.18. The van der Waals surface area contributed by atoms with Gasteiger partial charge in [-0.1, -0.05) is 48.0 Å². The van der Waals surface area contributed by atoms with Crippen LogP contribution in [0.5, 0.6) is 0 Å². The zero-order valence-electron chi connectivity index (χ0n) is 16.0. The number of pyridine rings is 1. The average molecular weight is 391 g/mol. The Bertz CT molecular complexity index is 1010. The van der Waals surface area contributed by atoms with Gasteiger partial charge >= 0.3 is 0 Å². The summed E-state index contributed by atoms with van der Waals surface area (Å²) in [5.41, 5.74) is 8.31. The fourth-order valence-electron chi connectivity index (χ4n) is 3.85. The molecule has 1 aromatic heterocycles. The Balaban J connectivity index is 1.63. The minimum absolute atomic E-state index is 0.0332. The van der Waals surface area contributed by atoms with Crippen molar-refractivity contribution in [2.45, 2.75) is 32.1 Å². The molecule has 3 nitrogen and oxygen atoms in total. The molecule has 0 saturated heterocycles. The number of hydrogen-bond acceptors (Lipinski definition) is 2. The van der Waals surface area contributed by atoms with Crippen LogP contribution in [0.3, 0.4) is 0 Å². The second-order valence-corrected chi connectivity index (χ2v) is 7.74. The van der Waals surface area contributed by atoms with Crippen molar-refractivity contribution in [3.63, 3.8) is 0 Å². The molecule has 0 spiro atoms. The van der Waals surface area contributed by atoms with E-state index in [-0.39, 0.29) is 5.91 Å². The van der Waals surface area contributed by atoms with Crippen LogP contribution in [0.15, 0.2) is 54.6 Å². The monoisotopic (exact) mass is 390 g/mol. The number of hydrogen-bond donors (Lipinski definition) is 1. The van der Waals surface area contributed by atoms with E-state index >= 15 is 0 Å². The van der Waals surface area contributed by atoms with Crippen molar-refractivity contribution >= 4 is 17.5 Å². The molecule has 0 aliphatic heterocycles. The van der Waals surface area contributed by atoms with E-state index in [0.717, 1.165) is 41.1 Å². The van der Waals surface area contributed by atoms with E-state index in [1.807, 2.05) is 30.3 Å².